The number of anilines is 1. The maximum Gasteiger partial charge on any atom is 0.207 e. The van der Waals surface area contributed by atoms with Crippen LogP contribution in [-0.4, -0.2) is 65.8 Å². The molecule has 2 aromatic heterocycles. The summed E-state index contributed by atoms with van der Waals surface area (Å²) in [7, 11) is 0. The Morgan fingerprint density at radius 1 is 1.24 bits per heavy atom. The molecule has 0 spiro atoms. The molecule has 0 aromatic carbocycles. The first-order chi connectivity index (χ1) is 12.1. The largest absolute Gasteiger partial charge is 0.394 e. The molecule has 1 aliphatic heterocycles. The monoisotopic (exact) mass is 369 g/mol. The second-order valence-corrected chi connectivity index (χ2v) is 6.85. The summed E-state index contributed by atoms with van der Waals surface area (Å²) in [6.07, 6.45) is 1.40. The molecule has 1 saturated carbocycles. The summed E-state index contributed by atoms with van der Waals surface area (Å²) in [6.45, 7) is -0.400. The molecule has 136 valence electrons. The molecule has 1 saturated heterocycles. The first-order valence-corrected chi connectivity index (χ1v) is 8.75. The number of aliphatic hydroxyl groups excluding tert-OH is 3. The minimum Gasteiger partial charge on any atom is -0.394 e. The predicted octanol–water partition coefficient (Wildman–Crippen LogP) is 0.446. The van der Waals surface area contributed by atoms with Crippen LogP contribution in [0.5, 0.6) is 0 Å². The van der Waals surface area contributed by atoms with Gasteiger partial charge < -0.3 is 25.4 Å². The summed E-state index contributed by atoms with van der Waals surface area (Å²) < 4.78 is 7.25. The van der Waals surface area contributed by atoms with E-state index in [2.05, 4.69) is 20.3 Å². The van der Waals surface area contributed by atoms with Gasteiger partial charge >= 0.3 is 0 Å². The van der Waals surface area contributed by atoms with Gasteiger partial charge in [-0.05, 0) is 12.8 Å². The van der Waals surface area contributed by atoms with Crippen LogP contribution >= 0.6 is 11.6 Å². The van der Waals surface area contributed by atoms with E-state index in [1.165, 1.54) is 6.33 Å². The molecule has 4 atom stereocenters. The van der Waals surface area contributed by atoms with Crippen LogP contribution in [0.3, 0.4) is 0 Å². The third-order valence-electron chi connectivity index (χ3n) is 4.89. The van der Waals surface area contributed by atoms with Gasteiger partial charge in [-0.1, -0.05) is 24.4 Å². The van der Waals surface area contributed by atoms with Crippen LogP contribution in [0.4, 0.5) is 5.95 Å². The number of nitrogens with zero attached hydrogens (tertiary/aromatic N) is 4. The molecular formula is C15H20ClN5O4. The zero-order valence-corrected chi connectivity index (χ0v) is 14.2. The maximum absolute atomic E-state index is 10.4. The van der Waals surface area contributed by atoms with Crippen molar-refractivity contribution in [2.45, 2.75) is 56.3 Å². The van der Waals surface area contributed by atoms with Crippen molar-refractivity contribution in [2.24, 2.45) is 0 Å². The average molecular weight is 370 g/mol. The molecular weight excluding hydrogens is 350 g/mol. The van der Waals surface area contributed by atoms with Gasteiger partial charge in [0.15, 0.2) is 17.0 Å². The lowest BCUT2D eigenvalue weighted by Crippen LogP contribution is -2.33. The van der Waals surface area contributed by atoms with E-state index in [0.29, 0.717) is 17.1 Å². The van der Waals surface area contributed by atoms with E-state index in [-0.39, 0.29) is 11.2 Å². The van der Waals surface area contributed by atoms with E-state index < -0.39 is 31.1 Å². The van der Waals surface area contributed by atoms with E-state index in [4.69, 9.17) is 16.3 Å². The summed E-state index contributed by atoms with van der Waals surface area (Å²) in [5.41, 5.74) is 0.790. The van der Waals surface area contributed by atoms with Crippen molar-refractivity contribution < 1.29 is 20.1 Å². The summed E-state index contributed by atoms with van der Waals surface area (Å²) in [6, 6.07) is 0.263. The van der Waals surface area contributed by atoms with Crippen LogP contribution in [0.25, 0.3) is 11.2 Å². The molecule has 0 bridgehead atoms. The van der Waals surface area contributed by atoms with E-state index >= 15 is 0 Å². The average Bonchev–Trinajstić information content (AvgIpc) is 3.30. The molecule has 0 unspecified atom stereocenters. The first kappa shape index (κ1) is 16.9. The fraction of sp³-hybridized carbons (Fsp3) is 0.667. The molecule has 4 N–H and O–H groups in total. The normalized spacial score (nSPS) is 30.4. The Bertz CT molecular complexity index is 766. The first-order valence-electron chi connectivity index (χ1n) is 8.37. The maximum atomic E-state index is 10.4. The Labute approximate surface area is 148 Å². The highest BCUT2D eigenvalue weighted by atomic mass is 35.5. The standard InChI is InChI=1S/C15H20ClN5O4/c16-12-9-13(18-6-17-12)21(14-11(24)10(23)8(5-22)25-14)15(20-9)19-7-3-1-2-4-7/h6-8,10-11,14,22-24H,1-5H2,(H,19,20)/t8-,10-,11-,14-/m1/s1. The summed E-state index contributed by atoms with van der Waals surface area (Å²) >= 11 is 6.14. The van der Waals surface area contributed by atoms with Crippen molar-refractivity contribution in [3.05, 3.63) is 11.5 Å². The Morgan fingerprint density at radius 3 is 2.68 bits per heavy atom. The molecule has 1 aliphatic carbocycles. The van der Waals surface area contributed by atoms with Crippen LogP contribution in [-0.2, 0) is 4.74 Å². The van der Waals surface area contributed by atoms with Crippen LogP contribution < -0.4 is 5.32 Å². The number of nitrogens with one attached hydrogen (secondary N) is 1. The van der Waals surface area contributed by atoms with E-state index in [1.54, 1.807) is 4.57 Å². The molecule has 2 fully saturated rings. The highest BCUT2D eigenvalue weighted by Gasteiger charge is 2.45. The van der Waals surface area contributed by atoms with Crippen molar-refractivity contribution in [3.8, 4) is 0 Å². The number of rotatable bonds is 4. The van der Waals surface area contributed by atoms with Crippen molar-refractivity contribution in [1.82, 2.24) is 19.5 Å². The molecule has 3 heterocycles. The molecule has 0 radical (unpaired) electrons. The van der Waals surface area contributed by atoms with Gasteiger partial charge in [0.25, 0.3) is 0 Å². The second-order valence-electron chi connectivity index (χ2n) is 6.50. The van der Waals surface area contributed by atoms with Gasteiger partial charge in [-0.15, -0.1) is 0 Å². The van der Waals surface area contributed by atoms with E-state index in [1.807, 2.05) is 0 Å². The molecule has 10 heteroatoms. The molecule has 2 aliphatic rings. The SMILES string of the molecule is OC[C@H]1O[C@@H](n2c(NC3CCCC3)nc3c(Cl)ncnc32)[C@H](O)[C@@H]1O. The zero-order valence-electron chi connectivity index (χ0n) is 13.4. The van der Waals surface area contributed by atoms with E-state index in [9.17, 15) is 15.3 Å². The quantitative estimate of drug-likeness (QED) is 0.572. The minimum absolute atomic E-state index is 0.199. The van der Waals surface area contributed by atoms with Gasteiger partial charge in [0.2, 0.25) is 5.95 Å². The smallest absolute Gasteiger partial charge is 0.207 e. The molecule has 9 nitrogen and oxygen atoms in total. The lowest BCUT2D eigenvalue weighted by atomic mass is 10.1. The van der Waals surface area contributed by atoms with Crippen LogP contribution in [0.1, 0.15) is 31.9 Å². The van der Waals surface area contributed by atoms with Crippen molar-refractivity contribution in [1.29, 1.82) is 0 Å². The van der Waals surface area contributed by atoms with Gasteiger partial charge in [-0.25, -0.2) is 15.0 Å². The van der Waals surface area contributed by atoms with Gasteiger partial charge in [-0.3, -0.25) is 4.57 Å². The topological polar surface area (TPSA) is 126 Å². The Balaban J connectivity index is 1.78. The highest BCUT2D eigenvalue weighted by Crippen LogP contribution is 2.36. The third-order valence-corrected chi connectivity index (χ3v) is 5.17. The molecule has 4 rings (SSSR count). The number of aromatic nitrogens is 4. The lowest BCUT2D eigenvalue weighted by Gasteiger charge is -2.21. The number of fused-ring (bicyclic) bond motifs is 1. The van der Waals surface area contributed by atoms with E-state index in [0.717, 1.165) is 25.7 Å². The summed E-state index contributed by atoms with van der Waals surface area (Å²) in [4.78, 5) is 12.7. The molecule has 0 amide bonds. The van der Waals surface area contributed by atoms with Gasteiger partial charge in [0.05, 0.1) is 6.61 Å². The summed E-state index contributed by atoms with van der Waals surface area (Å²) in [5.74, 6) is 0.458. The van der Waals surface area contributed by atoms with Crippen LogP contribution in [0.15, 0.2) is 6.33 Å². The number of halogens is 1. The van der Waals surface area contributed by atoms with Crippen LogP contribution in [0, 0.1) is 0 Å². The van der Waals surface area contributed by atoms with Crippen molar-refractivity contribution >= 4 is 28.7 Å². The van der Waals surface area contributed by atoms with Gasteiger partial charge in [0, 0.05) is 6.04 Å². The number of hydrogen-bond donors (Lipinski definition) is 4. The predicted molar refractivity (Wildman–Crippen MR) is 89.2 cm³/mol. The number of hydrogen-bond acceptors (Lipinski definition) is 8. The molecule has 25 heavy (non-hydrogen) atoms. The van der Waals surface area contributed by atoms with Crippen LogP contribution in [0.2, 0.25) is 5.15 Å². The minimum atomic E-state index is -1.23. The molecule has 2 aromatic rings. The Morgan fingerprint density at radius 2 is 2.00 bits per heavy atom. The fourth-order valence-electron chi connectivity index (χ4n) is 3.57. The Hall–Kier alpha value is -1.52. The lowest BCUT2D eigenvalue weighted by molar-refractivity contribution is -0.0501. The zero-order chi connectivity index (χ0) is 17.6. The number of ether oxygens (including phenoxy) is 1. The van der Waals surface area contributed by atoms with Gasteiger partial charge in [-0.2, -0.15) is 0 Å². The van der Waals surface area contributed by atoms with Gasteiger partial charge in [0.1, 0.15) is 30.2 Å². The third kappa shape index (κ3) is 2.85. The van der Waals surface area contributed by atoms with Crippen molar-refractivity contribution in [3.63, 3.8) is 0 Å². The number of aliphatic hydroxyl groups is 3. The second kappa shape index (κ2) is 6.65. The highest BCUT2D eigenvalue weighted by molar-refractivity contribution is 6.33. The van der Waals surface area contributed by atoms with Crippen molar-refractivity contribution in [2.75, 3.05) is 11.9 Å². The summed E-state index contributed by atoms with van der Waals surface area (Å²) in [5, 5.41) is 33.4. The Kier molecular flexibility index (Phi) is 4.50. The fourth-order valence-corrected chi connectivity index (χ4v) is 3.74. The number of imidazole rings is 1.